The van der Waals surface area contributed by atoms with Crippen LogP contribution < -0.4 is 10.6 Å². The number of hydrogen-bond donors (Lipinski definition) is 4. The summed E-state index contributed by atoms with van der Waals surface area (Å²) in [4.78, 5) is 45.4. The number of carboxylic acid groups (broad SMARTS) is 2. The van der Waals surface area contributed by atoms with Gasteiger partial charge in [-0.25, -0.2) is 9.59 Å². The highest BCUT2D eigenvalue weighted by Crippen LogP contribution is 2.22. The molecule has 0 spiro atoms. The van der Waals surface area contributed by atoms with Crippen molar-refractivity contribution < 1.29 is 29.4 Å². The van der Waals surface area contributed by atoms with Gasteiger partial charge >= 0.3 is 11.9 Å². The zero-order valence-electron chi connectivity index (χ0n) is 11.8. The fourth-order valence-electron chi connectivity index (χ4n) is 1.99. The Labute approximate surface area is 135 Å². The summed E-state index contributed by atoms with van der Waals surface area (Å²) in [5.74, 6) is -2.98. The zero-order valence-corrected chi connectivity index (χ0v) is 12.6. The van der Waals surface area contributed by atoms with Gasteiger partial charge in [0.05, 0.1) is 10.8 Å². The number of carbonyl (C=O) groups excluding carboxylic acids is 2. The van der Waals surface area contributed by atoms with Crippen LogP contribution in [0.5, 0.6) is 0 Å². The van der Waals surface area contributed by atoms with Crippen LogP contribution in [0.1, 0.15) is 16.8 Å². The minimum Gasteiger partial charge on any atom is -0.480 e. The van der Waals surface area contributed by atoms with Gasteiger partial charge in [0.25, 0.3) is 0 Å². The average molecular weight is 338 g/mol. The number of carbonyl (C=O) groups is 4. The summed E-state index contributed by atoms with van der Waals surface area (Å²) >= 11 is 1.11. The van der Waals surface area contributed by atoms with Gasteiger partial charge in [-0.2, -0.15) is 0 Å². The lowest BCUT2D eigenvalue weighted by molar-refractivity contribution is -0.141. The second-order valence-corrected chi connectivity index (χ2v) is 6.10. The molecule has 2 amide bonds. The molecule has 1 saturated heterocycles. The van der Waals surface area contributed by atoms with E-state index in [1.807, 2.05) is 0 Å². The quantitative estimate of drug-likeness (QED) is 0.610. The third kappa shape index (κ3) is 4.46. The zero-order chi connectivity index (χ0) is 17.0. The van der Waals surface area contributed by atoms with Gasteiger partial charge in [-0.3, -0.25) is 9.59 Å². The Bertz CT molecular complexity index is 662. The van der Waals surface area contributed by atoms with Gasteiger partial charge in [-0.15, -0.1) is 11.8 Å². The Morgan fingerprint density at radius 2 is 2.04 bits per heavy atom. The number of carboxylic acids is 2. The largest absolute Gasteiger partial charge is 0.480 e. The summed E-state index contributed by atoms with van der Waals surface area (Å²) in [6.45, 7) is 0. The van der Waals surface area contributed by atoms with E-state index >= 15 is 0 Å². The van der Waals surface area contributed by atoms with Crippen LogP contribution in [0.2, 0.25) is 0 Å². The standard InChI is InChI=1S/C14H14N2O6S/c17-11(15-8-3-1-2-7(4-8)13(19)20)5-10-12(18)16-9(6-23-10)14(21)22/h1-4,9-10H,5-6H2,(H,15,17)(H,16,18)(H,19,20)(H,21,22). The van der Waals surface area contributed by atoms with Crippen molar-refractivity contribution in [2.75, 3.05) is 11.1 Å². The summed E-state index contributed by atoms with van der Waals surface area (Å²) < 4.78 is 0. The van der Waals surface area contributed by atoms with Crippen molar-refractivity contribution in [2.24, 2.45) is 0 Å². The SMILES string of the molecule is O=C(CC1SCC(C(=O)O)NC1=O)Nc1cccc(C(=O)O)c1. The highest BCUT2D eigenvalue weighted by Gasteiger charge is 2.33. The van der Waals surface area contributed by atoms with Crippen molar-refractivity contribution in [3.05, 3.63) is 29.8 Å². The lowest BCUT2D eigenvalue weighted by Gasteiger charge is -2.25. The summed E-state index contributed by atoms with van der Waals surface area (Å²) in [5.41, 5.74) is 0.358. The molecule has 1 aliphatic rings. The van der Waals surface area contributed by atoms with Gasteiger partial charge in [0.2, 0.25) is 11.8 Å². The topological polar surface area (TPSA) is 133 Å². The van der Waals surface area contributed by atoms with Crippen LogP contribution in [-0.4, -0.2) is 51.0 Å². The van der Waals surface area contributed by atoms with E-state index in [1.165, 1.54) is 18.2 Å². The Morgan fingerprint density at radius 1 is 1.30 bits per heavy atom. The third-order valence-corrected chi connectivity index (χ3v) is 4.44. The molecule has 0 aliphatic carbocycles. The van der Waals surface area contributed by atoms with Crippen LogP contribution in [0, 0.1) is 0 Å². The van der Waals surface area contributed by atoms with E-state index in [1.54, 1.807) is 6.07 Å². The lowest BCUT2D eigenvalue weighted by Crippen LogP contribution is -2.51. The number of nitrogens with one attached hydrogen (secondary N) is 2. The van der Waals surface area contributed by atoms with Crippen molar-refractivity contribution in [2.45, 2.75) is 17.7 Å². The normalized spacial score (nSPS) is 20.4. The molecule has 1 aliphatic heterocycles. The predicted molar refractivity (Wildman–Crippen MR) is 82.5 cm³/mol. The van der Waals surface area contributed by atoms with Gasteiger partial charge < -0.3 is 20.8 Å². The maximum absolute atomic E-state index is 12.0. The van der Waals surface area contributed by atoms with E-state index in [4.69, 9.17) is 10.2 Å². The molecule has 0 radical (unpaired) electrons. The van der Waals surface area contributed by atoms with E-state index in [0.717, 1.165) is 11.8 Å². The maximum atomic E-state index is 12.0. The highest BCUT2D eigenvalue weighted by atomic mass is 32.2. The summed E-state index contributed by atoms with van der Waals surface area (Å²) in [6, 6.07) is 4.81. The molecule has 1 fully saturated rings. The molecule has 2 atom stereocenters. The van der Waals surface area contributed by atoms with E-state index in [9.17, 15) is 19.2 Å². The van der Waals surface area contributed by atoms with Crippen molar-refractivity contribution in [3.63, 3.8) is 0 Å². The Balaban J connectivity index is 1.93. The fourth-order valence-corrected chi connectivity index (χ4v) is 3.13. The first-order chi connectivity index (χ1) is 10.9. The first-order valence-corrected chi connectivity index (χ1v) is 7.69. The van der Waals surface area contributed by atoms with E-state index in [0.29, 0.717) is 5.69 Å². The van der Waals surface area contributed by atoms with Crippen molar-refractivity contribution >= 4 is 41.2 Å². The molecular weight excluding hydrogens is 324 g/mol. The third-order valence-electron chi connectivity index (χ3n) is 3.14. The smallest absolute Gasteiger partial charge is 0.335 e. The van der Waals surface area contributed by atoms with Crippen LogP contribution in [0.25, 0.3) is 0 Å². The molecule has 2 rings (SSSR count). The first kappa shape index (κ1) is 16.8. The Hall–Kier alpha value is -2.55. The second kappa shape index (κ2) is 7.14. The number of anilines is 1. The van der Waals surface area contributed by atoms with Crippen molar-refractivity contribution in [1.29, 1.82) is 0 Å². The molecule has 0 saturated carbocycles. The first-order valence-electron chi connectivity index (χ1n) is 6.65. The molecule has 0 bridgehead atoms. The van der Waals surface area contributed by atoms with Crippen LogP contribution in [0.4, 0.5) is 5.69 Å². The molecule has 9 heteroatoms. The van der Waals surface area contributed by atoms with E-state index < -0.39 is 35.0 Å². The Morgan fingerprint density at radius 3 is 2.65 bits per heavy atom. The summed E-state index contributed by atoms with van der Waals surface area (Å²) in [7, 11) is 0. The highest BCUT2D eigenvalue weighted by molar-refractivity contribution is 8.00. The molecule has 1 aromatic rings. The molecule has 122 valence electrons. The molecule has 1 heterocycles. The summed E-state index contributed by atoms with van der Waals surface area (Å²) in [6.07, 6.45) is -0.125. The molecule has 2 unspecified atom stereocenters. The van der Waals surface area contributed by atoms with Gasteiger partial charge in [0.1, 0.15) is 6.04 Å². The van der Waals surface area contributed by atoms with Crippen molar-refractivity contribution in [1.82, 2.24) is 5.32 Å². The molecular formula is C14H14N2O6S. The van der Waals surface area contributed by atoms with E-state index in [-0.39, 0.29) is 17.7 Å². The molecule has 1 aromatic carbocycles. The maximum Gasteiger partial charge on any atom is 0.335 e. The van der Waals surface area contributed by atoms with Crippen LogP contribution in [-0.2, 0) is 14.4 Å². The number of hydrogen-bond acceptors (Lipinski definition) is 5. The number of amides is 2. The van der Waals surface area contributed by atoms with Gasteiger partial charge in [-0.05, 0) is 18.2 Å². The second-order valence-electron chi connectivity index (χ2n) is 4.86. The number of rotatable bonds is 5. The minimum absolute atomic E-state index is 0.0388. The molecule has 8 nitrogen and oxygen atoms in total. The molecule has 0 aromatic heterocycles. The molecule has 23 heavy (non-hydrogen) atoms. The van der Waals surface area contributed by atoms with Gasteiger partial charge in [0, 0.05) is 17.9 Å². The van der Waals surface area contributed by atoms with Gasteiger partial charge in [0.15, 0.2) is 0 Å². The number of benzene rings is 1. The lowest BCUT2D eigenvalue weighted by atomic mass is 10.2. The van der Waals surface area contributed by atoms with Crippen molar-refractivity contribution in [3.8, 4) is 0 Å². The number of thioether (sulfide) groups is 1. The Kier molecular flexibility index (Phi) is 5.22. The fraction of sp³-hybridized carbons (Fsp3) is 0.286. The van der Waals surface area contributed by atoms with E-state index in [2.05, 4.69) is 10.6 Å². The molecule has 4 N–H and O–H groups in total. The summed E-state index contributed by atoms with van der Waals surface area (Å²) in [5, 5.41) is 21.9. The average Bonchev–Trinajstić information content (AvgIpc) is 2.49. The van der Waals surface area contributed by atoms with Crippen LogP contribution >= 0.6 is 11.8 Å². The van der Waals surface area contributed by atoms with Crippen LogP contribution in [0.15, 0.2) is 24.3 Å². The number of aromatic carboxylic acids is 1. The van der Waals surface area contributed by atoms with Crippen LogP contribution in [0.3, 0.4) is 0 Å². The van der Waals surface area contributed by atoms with Gasteiger partial charge in [-0.1, -0.05) is 6.07 Å². The predicted octanol–water partition coefficient (Wildman–Crippen LogP) is 0.398. The monoisotopic (exact) mass is 338 g/mol. The number of aliphatic carboxylic acids is 1. The minimum atomic E-state index is -1.11.